The van der Waals surface area contributed by atoms with E-state index >= 15 is 0 Å². The van der Waals surface area contributed by atoms with E-state index < -0.39 is 10.0 Å². The predicted molar refractivity (Wildman–Crippen MR) is 149 cm³/mol. The molecule has 11 heteroatoms. The Morgan fingerprint density at radius 1 is 1.00 bits per heavy atom. The van der Waals surface area contributed by atoms with E-state index in [0.717, 1.165) is 87.4 Å². The fraction of sp³-hybridized carbons (Fsp3) is 0.741. The summed E-state index contributed by atoms with van der Waals surface area (Å²) in [5.74, 6) is 2.81. The van der Waals surface area contributed by atoms with Gasteiger partial charge in [0, 0.05) is 82.2 Å². The lowest BCUT2D eigenvalue weighted by Gasteiger charge is -2.35. The quantitative estimate of drug-likeness (QED) is 0.484. The summed E-state index contributed by atoms with van der Waals surface area (Å²) in [6.45, 7) is 6.64. The Morgan fingerprint density at radius 2 is 1.76 bits per heavy atom. The molecule has 2 aromatic heterocycles. The number of sulfonamides is 1. The van der Waals surface area contributed by atoms with Crippen LogP contribution in [0.3, 0.4) is 0 Å². The Kier molecular flexibility index (Phi) is 7.70. The maximum absolute atomic E-state index is 12.8. The zero-order valence-electron chi connectivity index (χ0n) is 22.5. The number of piperidine rings is 1. The lowest BCUT2D eigenvalue weighted by Crippen LogP contribution is -2.47. The third kappa shape index (κ3) is 5.90. The molecule has 4 heterocycles. The van der Waals surface area contributed by atoms with Gasteiger partial charge in [0.25, 0.3) is 0 Å². The summed E-state index contributed by atoms with van der Waals surface area (Å²) in [6.07, 6.45) is 9.14. The zero-order chi connectivity index (χ0) is 26.1. The van der Waals surface area contributed by atoms with Crippen molar-refractivity contribution < 1.29 is 13.2 Å². The molecule has 4 fully saturated rings. The largest absolute Gasteiger partial charge is 0.383 e. The molecule has 0 spiro atoms. The number of hydrogen-bond acceptors (Lipinski definition) is 9. The highest BCUT2D eigenvalue weighted by Gasteiger charge is 2.33. The van der Waals surface area contributed by atoms with Gasteiger partial charge >= 0.3 is 0 Å². The number of nitrogens with zero attached hydrogens (tertiary/aromatic N) is 6. The van der Waals surface area contributed by atoms with Gasteiger partial charge in [-0.15, -0.1) is 0 Å². The Bertz CT molecular complexity index is 1220. The number of pyridine rings is 1. The van der Waals surface area contributed by atoms with Crippen molar-refractivity contribution in [2.24, 2.45) is 5.92 Å². The van der Waals surface area contributed by atoms with E-state index in [1.54, 1.807) is 11.4 Å². The van der Waals surface area contributed by atoms with Crippen LogP contribution < -0.4 is 10.2 Å². The standard InChI is InChI=1S/C27H41N7O3S/c1-37-16-15-32-11-13-33(14-12-32)26-25-22(17-24(30-26)21-5-6-21)18-28-27(31-25)29-23-7-9-34(10-8-23)38(35,36)19-20-3-2-4-20/h17-18,20-21,23H,2-16,19H2,1H3,(H,28,29,31). The number of ether oxygens (including phenoxy) is 1. The number of methoxy groups -OCH3 is 1. The van der Waals surface area contributed by atoms with E-state index in [2.05, 4.69) is 26.2 Å². The van der Waals surface area contributed by atoms with Crippen LogP contribution in [0.15, 0.2) is 12.3 Å². The number of piperazine rings is 1. The molecule has 2 aliphatic heterocycles. The van der Waals surface area contributed by atoms with Gasteiger partial charge < -0.3 is 15.0 Å². The molecular formula is C27H41N7O3S. The molecule has 38 heavy (non-hydrogen) atoms. The van der Waals surface area contributed by atoms with Gasteiger partial charge in [-0.05, 0) is 50.5 Å². The first-order valence-electron chi connectivity index (χ1n) is 14.4. The maximum Gasteiger partial charge on any atom is 0.223 e. The summed E-state index contributed by atoms with van der Waals surface area (Å²) < 4.78 is 32.6. The minimum Gasteiger partial charge on any atom is -0.383 e. The highest BCUT2D eigenvalue weighted by atomic mass is 32.2. The van der Waals surface area contributed by atoms with Gasteiger partial charge in [-0.2, -0.15) is 0 Å². The first-order chi connectivity index (χ1) is 18.5. The second kappa shape index (κ2) is 11.2. The summed E-state index contributed by atoms with van der Waals surface area (Å²) in [5.41, 5.74) is 2.06. The molecule has 10 nitrogen and oxygen atoms in total. The lowest BCUT2D eigenvalue weighted by molar-refractivity contribution is 0.144. The number of nitrogens with one attached hydrogen (secondary N) is 1. The molecule has 2 aromatic rings. The molecule has 2 saturated carbocycles. The Labute approximate surface area is 226 Å². The molecule has 1 N–H and O–H groups in total. The fourth-order valence-corrected chi connectivity index (χ4v) is 7.76. The summed E-state index contributed by atoms with van der Waals surface area (Å²) in [4.78, 5) is 19.6. The van der Waals surface area contributed by atoms with Gasteiger partial charge in [0.1, 0.15) is 5.52 Å². The number of aromatic nitrogens is 3. The summed E-state index contributed by atoms with van der Waals surface area (Å²) in [6, 6.07) is 2.33. The number of anilines is 2. The molecule has 0 unspecified atom stereocenters. The monoisotopic (exact) mass is 543 g/mol. The second-order valence-electron chi connectivity index (χ2n) is 11.5. The van der Waals surface area contributed by atoms with E-state index in [-0.39, 0.29) is 6.04 Å². The first kappa shape index (κ1) is 26.2. The second-order valence-corrected chi connectivity index (χ2v) is 13.5. The normalized spacial score (nSPS) is 22.6. The maximum atomic E-state index is 12.8. The minimum atomic E-state index is -3.15. The van der Waals surface area contributed by atoms with Gasteiger partial charge in [0.05, 0.1) is 12.4 Å². The van der Waals surface area contributed by atoms with E-state index in [9.17, 15) is 8.42 Å². The van der Waals surface area contributed by atoms with Crippen LogP contribution >= 0.6 is 0 Å². The van der Waals surface area contributed by atoms with Crippen LogP contribution in [0, 0.1) is 5.92 Å². The van der Waals surface area contributed by atoms with Crippen molar-refractivity contribution in [3.63, 3.8) is 0 Å². The zero-order valence-corrected chi connectivity index (χ0v) is 23.3. The Hall–Kier alpha value is -2.08. The van der Waals surface area contributed by atoms with Crippen molar-refractivity contribution in [2.75, 3.05) is 75.5 Å². The highest BCUT2D eigenvalue weighted by Crippen LogP contribution is 2.41. The van der Waals surface area contributed by atoms with Crippen LogP contribution in [0.1, 0.15) is 56.6 Å². The molecule has 2 aliphatic carbocycles. The average molecular weight is 544 g/mol. The molecular weight excluding hydrogens is 502 g/mol. The Balaban J connectivity index is 1.14. The van der Waals surface area contributed by atoms with Crippen molar-refractivity contribution in [2.45, 2.75) is 56.9 Å². The van der Waals surface area contributed by atoms with Crippen LogP contribution in [0.5, 0.6) is 0 Å². The lowest BCUT2D eigenvalue weighted by atomic mass is 9.87. The minimum absolute atomic E-state index is 0.161. The van der Waals surface area contributed by atoms with Crippen LogP contribution in [0.4, 0.5) is 11.8 Å². The van der Waals surface area contributed by atoms with E-state index in [0.29, 0.717) is 36.6 Å². The van der Waals surface area contributed by atoms with Gasteiger partial charge in [0.2, 0.25) is 16.0 Å². The van der Waals surface area contributed by atoms with Crippen molar-refractivity contribution in [3.8, 4) is 0 Å². The molecule has 208 valence electrons. The third-order valence-corrected chi connectivity index (χ3v) is 10.7. The summed E-state index contributed by atoms with van der Waals surface area (Å²) in [5, 5.41) is 4.55. The van der Waals surface area contributed by atoms with Crippen LogP contribution in [-0.4, -0.2) is 104 Å². The number of hydrogen-bond donors (Lipinski definition) is 1. The molecule has 2 saturated heterocycles. The van der Waals surface area contributed by atoms with Crippen LogP contribution in [0.25, 0.3) is 10.9 Å². The fourth-order valence-electron chi connectivity index (χ4n) is 5.85. The van der Waals surface area contributed by atoms with Gasteiger partial charge in [-0.1, -0.05) is 6.42 Å². The van der Waals surface area contributed by atoms with Crippen molar-refractivity contribution in [1.29, 1.82) is 0 Å². The first-order valence-corrected chi connectivity index (χ1v) is 16.0. The molecule has 0 radical (unpaired) electrons. The topological polar surface area (TPSA) is 104 Å². The third-order valence-electron chi connectivity index (χ3n) is 8.70. The predicted octanol–water partition coefficient (Wildman–Crippen LogP) is 2.68. The van der Waals surface area contributed by atoms with Crippen LogP contribution in [0.2, 0.25) is 0 Å². The SMILES string of the molecule is COCCN1CCN(c2nc(C3CC3)cc3cnc(NC4CCN(S(=O)(=O)CC5CCC5)CC4)nc23)CC1. The van der Waals surface area contributed by atoms with E-state index in [1.165, 1.54) is 19.3 Å². The molecule has 0 bridgehead atoms. The van der Waals surface area contributed by atoms with E-state index in [4.69, 9.17) is 14.7 Å². The summed E-state index contributed by atoms with van der Waals surface area (Å²) in [7, 11) is -1.40. The average Bonchev–Trinajstić information content (AvgIpc) is 3.76. The number of fused-ring (bicyclic) bond motifs is 1. The van der Waals surface area contributed by atoms with Crippen molar-refractivity contribution in [1.82, 2.24) is 24.2 Å². The van der Waals surface area contributed by atoms with E-state index in [1.807, 2.05) is 6.20 Å². The Morgan fingerprint density at radius 3 is 2.42 bits per heavy atom. The summed E-state index contributed by atoms with van der Waals surface area (Å²) >= 11 is 0. The highest BCUT2D eigenvalue weighted by molar-refractivity contribution is 7.89. The van der Waals surface area contributed by atoms with Crippen molar-refractivity contribution in [3.05, 3.63) is 18.0 Å². The molecule has 0 atom stereocenters. The van der Waals surface area contributed by atoms with Gasteiger partial charge in [-0.25, -0.2) is 27.7 Å². The van der Waals surface area contributed by atoms with Crippen molar-refractivity contribution >= 4 is 32.7 Å². The smallest absolute Gasteiger partial charge is 0.223 e. The van der Waals surface area contributed by atoms with Crippen LogP contribution in [-0.2, 0) is 14.8 Å². The van der Waals surface area contributed by atoms with Gasteiger partial charge in [0.15, 0.2) is 5.82 Å². The molecule has 4 aliphatic rings. The molecule has 0 aromatic carbocycles. The number of rotatable bonds is 10. The molecule has 6 rings (SSSR count). The van der Waals surface area contributed by atoms with Gasteiger partial charge in [-0.3, -0.25) is 4.90 Å². The molecule has 0 amide bonds.